The number of fused-ring (bicyclic) bond motifs is 1. The van der Waals surface area contributed by atoms with E-state index in [0.29, 0.717) is 6.04 Å². The van der Waals surface area contributed by atoms with Crippen LogP contribution in [-0.4, -0.2) is 16.8 Å². The van der Waals surface area contributed by atoms with E-state index >= 15 is 0 Å². The number of hydrogen-bond donors (Lipinski definition) is 1. The topological polar surface area (TPSA) is 27.6 Å². The van der Waals surface area contributed by atoms with Crippen molar-refractivity contribution in [3.63, 3.8) is 0 Å². The zero-order chi connectivity index (χ0) is 20.4. The Hall–Kier alpha value is -2.03. The van der Waals surface area contributed by atoms with Crippen molar-refractivity contribution in [2.24, 2.45) is 10.9 Å². The molecule has 2 unspecified atom stereocenters. The van der Waals surface area contributed by atoms with Crippen LogP contribution in [0.4, 0.5) is 5.69 Å². The fourth-order valence-corrected chi connectivity index (χ4v) is 5.72. The van der Waals surface area contributed by atoms with Crippen molar-refractivity contribution < 1.29 is 0 Å². The molecule has 1 N–H and O–H groups in total. The van der Waals surface area contributed by atoms with Gasteiger partial charge in [-0.3, -0.25) is 0 Å². The van der Waals surface area contributed by atoms with Crippen LogP contribution < -0.4 is 5.32 Å². The third-order valence-electron chi connectivity index (χ3n) is 7.19. The molecule has 3 nitrogen and oxygen atoms in total. The molecule has 1 aliphatic carbocycles. The summed E-state index contributed by atoms with van der Waals surface area (Å²) < 4.78 is 0. The number of aliphatic imine (C=N–C) groups is 1. The Balaban J connectivity index is 1.61. The van der Waals surface area contributed by atoms with Crippen molar-refractivity contribution in [1.29, 1.82) is 0 Å². The Morgan fingerprint density at radius 1 is 1.07 bits per heavy atom. The van der Waals surface area contributed by atoms with Gasteiger partial charge >= 0.3 is 0 Å². The molecule has 2 fully saturated rings. The first-order valence-electron chi connectivity index (χ1n) is 11.6. The molecule has 2 heterocycles. The molecule has 156 valence electrons. The van der Waals surface area contributed by atoms with Crippen LogP contribution in [0, 0.1) is 5.92 Å². The van der Waals surface area contributed by atoms with Gasteiger partial charge in [0.1, 0.15) is 5.84 Å². The average molecular weight is 392 g/mol. The molecule has 1 saturated heterocycles. The van der Waals surface area contributed by atoms with Gasteiger partial charge in [-0.1, -0.05) is 70.2 Å². The van der Waals surface area contributed by atoms with E-state index in [9.17, 15) is 0 Å². The summed E-state index contributed by atoms with van der Waals surface area (Å²) in [4.78, 5) is 7.54. The minimum absolute atomic E-state index is 0.279. The van der Waals surface area contributed by atoms with Gasteiger partial charge in [-0.25, -0.2) is 4.99 Å². The number of nitrogens with one attached hydrogen (secondary N) is 1. The SMILES string of the molecule is C=C1CCC(N2C(C)=Nc3cccc(CC4CCCCCCC4)c3C2C)C(=C)N1. The Morgan fingerprint density at radius 3 is 2.52 bits per heavy atom. The molecule has 29 heavy (non-hydrogen) atoms. The summed E-state index contributed by atoms with van der Waals surface area (Å²) in [6.45, 7) is 12.9. The van der Waals surface area contributed by atoms with Gasteiger partial charge in [0, 0.05) is 17.0 Å². The highest BCUT2D eigenvalue weighted by Crippen LogP contribution is 2.41. The lowest BCUT2D eigenvalue weighted by Gasteiger charge is -2.44. The number of benzene rings is 1. The second kappa shape index (κ2) is 8.77. The second-order valence-electron chi connectivity index (χ2n) is 9.32. The van der Waals surface area contributed by atoms with E-state index in [2.05, 4.69) is 55.4 Å². The second-order valence-corrected chi connectivity index (χ2v) is 9.32. The fraction of sp³-hybridized carbons (Fsp3) is 0.577. The average Bonchev–Trinajstić information content (AvgIpc) is 2.65. The third kappa shape index (κ3) is 4.29. The third-order valence-corrected chi connectivity index (χ3v) is 7.19. The van der Waals surface area contributed by atoms with Gasteiger partial charge < -0.3 is 10.2 Å². The van der Waals surface area contributed by atoms with Gasteiger partial charge in [0.25, 0.3) is 0 Å². The van der Waals surface area contributed by atoms with E-state index in [-0.39, 0.29) is 6.04 Å². The van der Waals surface area contributed by atoms with Crippen molar-refractivity contribution in [3.05, 3.63) is 53.9 Å². The molecule has 0 bridgehead atoms. The van der Waals surface area contributed by atoms with E-state index in [0.717, 1.165) is 36.0 Å². The van der Waals surface area contributed by atoms with Crippen molar-refractivity contribution in [2.75, 3.05) is 0 Å². The lowest BCUT2D eigenvalue weighted by molar-refractivity contribution is 0.244. The summed E-state index contributed by atoms with van der Waals surface area (Å²) in [7, 11) is 0. The molecule has 2 aliphatic heterocycles. The van der Waals surface area contributed by atoms with Crippen molar-refractivity contribution in [2.45, 2.75) is 90.1 Å². The largest absolute Gasteiger partial charge is 0.362 e. The molecular formula is C26H37N3. The molecule has 0 radical (unpaired) electrons. The number of allylic oxidation sites excluding steroid dienone is 1. The van der Waals surface area contributed by atoms with Crippen molar-refractivity contribution >= 4 is 11.5 Å². The normalized spacial score (nSPS) is 26.3. The van der Waals surface area contributed by atoms with Gasteiger partial charge in [0.2, 0.25) is 0 Å². The predicted octanol–water partition coefficient (Wildman–Crippen LogP) is 6.80. The maximum Gasteiger partial charge on any atom is 0.103 e. The number of amidine groups is 1. The van der Waals surface area contributed by atoms with Crippen molar-refractivity contribution in [1.82, 2.24) is 10.2 Å². The number of nitrogens with zero attached hydrogens (tertiary/aromatic N) is 2. The molecule has 1 aromatic rings. The van der Waals surface area contributed by atoms with Crippen LogP contribution in [0.1, 0.15) is 88.8 Å². The smallest absolute Gasteiger partial charge is 0.103 e. The van der Waals surface area contributed by atoms with Crippen LogP contribution >= 0.6 is 0 Å². The van der Waals surface area contributed by atoms with Crippen LogP contribution in [0.3, 0.4) is 0 Å². The summed E-state index contributed by atoms with van der Waals surface area (Å²) in [5, 5.41) is 3.40. The molecule has 1 aromatic carbocycles. The minimum Gasteiger partial charge on any atom is -0.362 e. The highest BCUT2D eigenvalue weighted by atomic mass is 15.3. The van der Waals surface area contributed by atoms with Gasteiger partial charge in [-0.2, -0.15) is 0 Å². The molecule has 1 saturated carbocycles. The summed E-state index contributed by atoms with van der Waals surface area (Å²) >= 11 is 0. The van der Waals surface area contributed by atoms with Gasteiger partial charge in [0.05, 0.1) is 17.8 Å². The van der Waals surface area contributed by atoms with Crippen LogP contribution in [0.5, 0.6) is 0 Å². The van der Waals surface area contributed by atoms with E-state index in [1.807, 2.05) is 0 Å². The van der Waals surface area contributed by atoms with Gasteiger partial charge in [-0.05, 0) is 50.7 Å². The Morgan fingerprint density at radius 2 is 1.79 bits per heavy atom. The number of piperidine rings is 1. The molecule has 2 atom stereocenters. The van der Waals surface area contributed by atoms with E-state index in [1.165, 1.54) is 68.2 Å². The first-order chi connectivity index (χ1) is 14.0. The Labute approximate surface area is 177 Å². The maximum atomic E-state index is 5.04. The van der Waals surface area contributed by atoms with Crippen molar-refractivity contribution in [3.8, 4) is 0 Å². The van der Waals surface area contributed by atoms with Crippen LogP contribution in [0.25, 0.3) is 0 Å². The summed E-state index contributed by atoms with van der Waals surface area (Å²) in [5.41, 5.74) is 6.27. The summed E-state index contributed by atoms with van der Waals surface area (Å²) in [6.07, 6.45) is 13.1. The predicted molar refractivity (Wildman–Crippen MR) is 123 cm³/mol. The summed E-state index contributed by atoms with van der Waals surface area (Å²) in [5.74, 6) is 1.93. The van der Waals surface area contributed by atoms with Gasteiger partial charge in [-0.15, -0.1) is 0 Å². The fourth-order valence-electron chi connectivity index (χ4n) is 5.72. The number of rotatable bonds is 3. The van der Waals surface area contributed by atoms with Crippen LogP contribution in [-0.2, 0) is 6.42 Å². The zero-order valence-electron chi connectivity index (χ0n) is 18.3. The van der Waals surface area contributed by atoms with E-state index in [4.69, 9.17) is 4.99 Å². The van der Waals surface area contributed by atoms with Crippen LogP contribution in [0.2, 0.25) is 0 Å². The highest BCUT2D eigenvalue weighted by Gasteiger charge is 2.35. The lowest BCUT2D eigenvalue weighted by atomic mass is 9.83. The first kappa shape index (κ1) is 20.3. The van der Waals surface area contributed by atoms with E-state index in [1.54, 1.807) is 0 Å². The molecule has 3 aliphatic rings. The molecule has 3 heteroatoms. The number of hydrogen-bond acceptors (Lipinski definition) is 3. The van der Waals surface area contributed by atoms with Crippen LogP contribution in [0.15, 0.2) is 47.7 Å². The molecular weight excluding hydrogens is 354 g/mol. The van der Waals surface area contributed by atoms with Gasteiger partial charge in [0.15, 0.2) is 0 Å². The molecule has 4 rings (SSSR count). The molecule has 0 spiro atoms. The maximum absolute atomic E-state index is 5.04. The molecule has 0 aromatic heterocycles. The summed E-state index contributed by atoms with van der Waals surface area (Å²) in [6, 6.07) is 7.37. The Kier molecular flexibility index (Phi) is 6.12. The first-order valence-corrected chi connectivity index (χ1v) is 11.6. The standard InChI is InChI=1S/C26H37N3/c1-18-15-16-25(19(2)27-18)29-20(3)26-23(13-10-14-24(26)28-21(29)4)17-22-11-8-6-5-7-9-12-22/h10,13-14,20,22,25,27H,1-2,5-9,11-12,15-17H2,3-4H3. The minimum atomic E-state index is 0.279. The Bertz CT molecular complexity index is 798. The lowest BCUT2D eigenvalue weighted by Crippen LogP contribution is -2.47. The quantitative estimate of drug-likeness (QED) is 0.614. The highest BCUT2D eigenvalue weighted by molar-refractivity contribution is 5.86. The zero-order valence-corrected chi connectivity index (χ0v) is 18.3. The van der Waals surface area contributed by atoms with E-state index < -0.39 is 0 Å². The monoisotopic (exact) mass is 391 g/mol. The molecule has 0 amide bonds.